The number of hydrogen-bond donors (Lipinski definition) is 2. The molecule has 0 aliphatic rings. The molecule has 1 unspecified atom stereocenters. The number of carboxylic acids is 1. The van der Waals surface area contributed by atoms with Gasteiger partial charge in [0.25, 0.3) is 0 Å². The van der Waals surface area contributed by atoms with Crippen molar-refractivity contribution in [1.29, 1.82) is 0 Å². The van der Waals surface area contributed by atoms with E-state index in [9.17, 15) is 9.90 Å². The Morgan fingerprint density at radius 2 is 1.48 bits per heavy atom. The van der Waals surface area contributed by atoms with E-state index in [0.29, 0.717) is 6.42 Å². The van der Waals surface area contributed by atoms with Crippen LogP contribution in [0.5, 0.6) is 0 Å². The first kappa shape index (κ1) is 21.4. The fraction of sp³-hybridized carbons (Fsp3) is 0.550. The summed E-state index contributed by atoms with van der Waals surface area (Å²) in [7, 11) is 0. The van der Waals surface area contributed by atoms with Crippen LogP contribution < -0.4 is 0 Å². The van der Waals surface area contributed by atoms with E-state index in [-0.39, 0.29) is 12.5 Å². The molecule has 2 N–H and O–H groups in total. The fourth-order valence-electron chi connectivity index (χ4n) is 1.95. The van der Waals surface area contributed by atoms with Gasteiger partial charge in [0.15, 0.2) is 0 Å². The Bertz CT molecular complexity index is 392. The lowest BCUT2D eigenvalue weighted by Gasteiger charge is -2.02. The van der Waals surface area contributed by atoms with E-state index in [2.05, 4.69) is 37.3 Å². The molecule has 1 atom stereocenters. The minimum Gasteiger partial charge on any atom is -0.481 e. The highest BCUT2D eigenvalue weighted by molar-refractivity contribution is 5.66. The molecule has 0 saturated carbocycles. The lowest BCUT2D eigenvalue weighted by Crippen LogP contribution is -2.00. The molecule has 130 valence electrons. The Morgan fingerprint density at radius 3 is 2.04 bits per heavy atom. The maximum atomic E-state index is 10.3. The molecule has 0 aliphatic carbocycles. The summed E-state index contributed by atoms with van der Waals surface area (Å²) >= 11 is 0. The average molecular weight is 320 g/mol. The van der Waals surface area contributed by atoms with Crippen molar-refractivity contribution in [2.45, 2.75) is 70.8 Å². The van der Waals surface area contributed by atoms with E-state index in [1.54, 1.807) is 0 Å². The topological polar surface area (TPSA) is 57.5 Å². The molecule has 0 saturated heterocycles. The highest BCUT2D eigenvalue weighted by atomic mass is 16.4. The zero-order valence-corrected chi connectivity index (χ0v) is 14.4. The number of aliphatic hydroxyl groups excluding tert-OH is 1. The third kappa shape index (κ3) is 18.3. The molecule has 0 amide bonds. The van der Waals surface area contributed by atoms with Crippen molar-refractivity contribution in [2.75, 3.05) is 0 Å². The van der Waals surface area contributed by atoms with Gasteiger partial charge in [0.2, 0.25) is 0 Å². The van der Waals surface area contributed by atoms with Gasteiger partial charge >= 0.3 is 5.97 Å². The van der Waals surface area contributed by atoms with Crippen LogP contribution in [0.1, 0.15) is 64.7 Å². The molecular weight excluding hydrogens is 288 g/mol. The minimum absolute atomic E-state index is 0.245. The van der Waals surface area contributed by atoms with E-state index >= 15 is 0 Å². The van der Waals surface area contributed by atoms with Crippen LogP contribution in [0, 0.1) is 0 Å². The lowest BCUT2D eigenvalue weighted by molar-refractivity contribution is -0.137. The van der Waals surface area contributed by atoms with Gasteiger partial charge in [0.05, 0.1) is 6.10 Å². The molecule has 3 heteroatoms. The summed E-state index contributed by atoms with van der Waals surface area (Å²) in [6, 6.07) is 0. The number of aliphatic hydroxyl groups is 1. The van der Waals surface area contributed by atoms with E-state index in [4.69, 9.17) is 5.11 Å². The van der Waals surface area contributed by atoms with Crippen molar-refractivity contribution in [3.63, 3.8) is 0 Å². The highest BCUT2D eigenvalue weighted by Crippen LogP contribution is 2.02. The van der Waals surface area contributed by atoms with Crippen LogP contribution >= 0.6 is 0 Å². The maximum Gasteiger partial charge on any atom is 0.303 e. The average Bonchev–Trinajstić information content (AvgIpc) is 2.52. The first-order chi connectivity index (χ1) is 11.2. The van der Waals surface area contributed by atoms with E-state index in [1.165, 1.54) is 0 Å². The Kier molecular flexibility index (Phi) is 15.6. The van der Waals surface area contributed by atoms with Crippen LogP contribution in [0.25, 0.3) is 0 Å². The second-order valence-corrected chi connectivity index (χ2v) is 5.55. The summed E-state index contributed by atoms with van der Waals surface area (Å²) in [5.74, 6) is -0.726. The predicted molar refractivity (Wildman–Crippen MR) is 97.4 cm³/mol. The molecule has 0 heterocycles. The maximum absolute atomic E-state index is 10.3. The summed E-state index contributed by atoms with van der Waals surface area (Å²) in [5.41, 5.74) is 0. The third-order valence-electron chi connectivity index (χ3n) is 3.29. The summed E-state index contributed by atoms with van der Waals surface area (Å²) in [5, 5.41) is 18.1. The predicted octanol–water partition coefficient (Wildman–Crippen LogP) is 5.19. The van der Waals surface area contributed by atoms with Crippen LogP contribution in [-0.4, -0.2) is 22.3 Å². The van der Waals surface area contributed by atoms with Gasteiger partial charge in [-0.25, -0.2) is 0 Å². The van der Waals surface area contributed by atoms with Gasteiger partial charge in [-0.2, -0.15) is 0 Å². The number of carbonyl (C=O) groups is 1. The first-order valence-electron chi connectivity index (χ1n) is 8.68. The monoisotopic (exact) mass is 320 g/mol. The van der Waals surface area contributed by atoms with Gasteiger partial charge in [-0.05, 0) is 38.5 Å². The first-order valence-corrected chi connectivity index (χ1v) is 8.68. The van der Waals surface area contributed by atoms with E-state index in [0.717, 1.165) is 44.9 Å². The fourth-order valence-corrected chi connectivity index (χ4v) is 1.95. The standard InChI is InChI=1S/C20H32O3/c1-2-3-16-19(21)17-14-12-10-8-6-4-5-7-9-11-13-15-18-20(22)23/h4-5,8-11,14,17,19,21H,2-3,6-7,12-13,15-16,18H2,1H3,(H,22,23). The van der Waals surface area contributed by atoms with Crippen LogP contribution in [0.2, 0.25) is 0 Å². The Morgan fingerprint density at radius 1 is 0.913 bits per heavy atom. The molecule has 0 spiro atoms. The molecule has 0 bridgehead atoms. The van der Waals surface area contributed by atoms with Gasteiger partial charge < -0.3 is 10.2 Å². The zero-order valence-electron chi connectivity index (χ0n) is 14.4. The number of aliphatic carboxylic acids is 1. The van der Waals surface area contributed by atoms with Gasteiger partial charge in [0, 0.05) is 6.42 Å². The molecular formula is C20H32O3. The summed E-state index contributed by atoms with van der Waals surface area (Å²) < 4.78 is 0. The second-order valence-electron chi connectivity index (χ2n) is 5.55. The van der Waals surface area contributed by atoms with Gasteiger partial charge in [0.1, 0.15) is 0 Å². The highest BCUT2D eigenvalue weighted by Gasteiger charge is 1.95. The third-order valence-corrected chi connectivity index (χ3v) is 3.29. The Labute approximate surface area is 141 Å². The van der Waals surface area contributed by atoms with Crippen LogP contribution in [0.3, 0.4) is 0 Å². The largest absolute Gasteiger partial charge is 0.481 e. The van der Waals surface area contributed by atoms with Crippen molar-refractivity contribution in [3.8, 4) is 0 Å². The second kappa shape index (κ2) is 16.8. The van der Waals surface area contributed by atoms with Gasteiger partial charge in [-0.1, -0.05) is 68.4 Å². The van der Waals surface area contributed by atoms with Crippen LogP contribution in [0.4, 0.5) is 0 Å². The summed E-state index contributed by atoms with van der Waals surface area (Å²) in [6.45, 7) is 2.13. The van der Waals surface area contributed by atoms with Crippen molar-refractivity contribution in [1.82, 2.24) is 0 Å². The molecule has 0 aliphatic heterocycles. The van der Waals surface area contributed by atoms with Crippen molar-refractivity contribution >= 4 is 5.97 Å². The molecule has 0 fully saturated rings. The SMILES string of the molecule is CCCCC(O)C=CCC=CCC=CCC=CCCCC(=O)O. The lowest BCUT2D eigenvalue weighted by atomic mass is 10.1. The minimum atomic E-state index is -0.726. The number of carboxylic acid groups (broad SMARTS) is 1. The number of hydrogen-bond acceptors (Lipinski definition) is 2. The molecule has 0 radical (unpaired) electrons. The quantitative estimate of drug-likeness (QED) is 0.342. The van der Waals surface area contributed by atoms with Gasteiger partial charge in [-0.3, -0.25) is 4.79 Å². The molecule has 0 aromatic heterocycles. The summed E-state index contributed by atoms with van der Waals surface area (Å²) in [6.07, 6.45) is 23.7. The van der Waals surface area contributed by atoms with Crippen molar-refractivity contribution in [2.24, 2.45) is 0 Å². The Balaban J connectivity index is 3.53. The van der Waals surface area contributed by atoms with Crippen LogP contribution in [0.15, 0.2) is 48.6 Å². The molecule has 0 aromatic carbocycles. The van der Waals surface area contributed by atoms with Crippen molar-refractivity contribution < 1.29 is 15.0 Å². The molecule has 0 rings (SSSR count). The van der Waals surface area contributed by atoms with Crippen LogP contribution in [-0.2, 0) is 4.79 Å². The van der Waals surface area contributed by atoms with E-state index < -0.39 is 5.97 Å². The number of allylic oxidation sites excluding steroid dienone is 7. The Hall–Kier alpha value is -1.61. The zero-order chi connectivity index (χ0) is 17.2. The smallest absolute Gasteiger partial charge is 0.303 e. The van der Waals surface area contributed by atoms with Gasteiger partial charge in [-0.15, -0.1) is 0 Å². The van der Waals surface area contributed by atoms with Crippen molar-refractivity contribution in [3.05, 3.63) is 48.6 Å². The number of rotatable bonds is 14. The summed E-state index contributed by atoms with van der Waals surface area (Å²) in [4.78, 5) is 10.3. The normalized spacial score (nSPS) is 13.8. The molecule has 0 aromatic rings. The molecule has 23 heavy (non-hydrogen) atoms. The molecule has 3 nitrogen and oxygen atoms in total. The number of unbranched alkanes of at least 4 members (excludes halogenated alkanes) is 2. The van der Waals surface area contributed by atoms with E-state index in [1.807, 2.05) is 18.2 Å².